The zero-order valence-electron chi connectivity index (χ0n) is 10.6. The second-order valence-electron chi connectivity index (χ2n) is 4.63. The molecule has 0 N–H and O–H groups in total. The van der Waals surface area contributed by atoms with Gasteiger partial charge < -0.3 is 4.90 Å². The quantitative estimate of drug-likeness (QED) is 0.788. The molecule has 0 radical (unpaired) electrons. The number of hydrogen-bond acceptors (Lipinski definition) is 3. The zero-order valence-corrected chi connectivity index (χ0v) is 13.0. The van der Waals surface area contributed by atoms with E-state index in [1.165, 1.54) is 11.3 Å². The van der Waals surface area contributed by atoms with Crippen molar-refractivity contribution in [1.29, 1.82) is 0 Å². The van der Waals surface area contributed by atoms with Crippen LogP contribution in [-0.4, -0.2) is 18.2 Å². The molecule has 1 aromatic carbocycles. The van der Waals surface area contributed by atoms with Gasteiger partial charge in [0.1, 0.15) is 0 Å². The molecule has 102 valence electrons. The third-order valence-corrected chi connectivity index (χ3v) is 4.93. The van der Waals surface area contributed by atoms with Crippen LogP contribution in [0.4, 0.5) is 5.69 Å². The number of halogens is 1. The number of nitrogens with zero attached hydrogens (tertiary/aromatic N) is 1. The Balaban J connectivity index is 1.82. The van der Waals surface area contributed by atoms with Gasteiger partial charge in [0, 0.05) is 24.2 Å². The Labute approximate surface area is 129 Å². The van der Waals surface area contributed by atoms with Crippen LogP contribution in [0.2, 0.25) is 0 Å². The second-order valence-corrected chi connectivity index (χ2v) is 7.09. The van der Waals surface area contributed by atoms with Crippen LogP contribution >= 0.6 is 27.3 Å². The fraction of sp³-hybridized carbons (Fsp3) is 0.200. The third kappa shape index (κ3) is 2.55. The van der Waals surface area contributed by atoms with Gasteiger partial charge in [0.05, 0.1) is 8.66 Å². The Morgan fingerprint density at radius 3 is 2.45 bits per heavy atom. The Kier molecular flexibility index (Phi) is 3.72. The van der Waals surface area contributed by atoms with E-state index < -0.39 is 0 Å². The second kappa shape index (κ2) is 5.50. The van der Waals surface area contributed by atoms with Gasteiger partial charge >= 0.3 is 0 Å². The van der Waals surface area contributed by atoms with E-state index in [0.29, 0.717) is 16.9 Å². The monoisotopic (exact) mass is 349 g/mol. The summed E-state index contributed by atoms with van der Waals surface area (Å²) in [6.45, 7) is 0.768. The van der Waals surface area contributed by atoms with E-state index >= 15 is 0 Å². The summed E-state index contributed by atoms with van der Waals surface area (Å²) >= 11 is 4.78. The molecule has 5 heteroatoms. The van der Waals surface area contributed by atoms with Crippen molar-refractivity contribution in [1.82, 2.24) is 0 Å². The Hall–Kier alpha value is -1.46. The maximum atomic E-state index is 12.3. The summed E-state index contributed by atoms with van der Waals surface area (Å²) in [4.78, 5) is 26.4. The number of benzene rings is 1. The highest BCUT2D eigenvalue weighted by Gasteiger charge is 2.21. The zero-order chi connectivity index (χ0) is 14.1. The molecule has 0 aliphatic carbocycles. The van der Waals surface area contributed by atoms with Crippen LogP contribution in [0.5, 0.6) is 0 Å². The average molecular weight is 350 g/mol. The number of hydrogen-bond donors (Lipinski definition) is 0. The first-order chi connectivity index (χ1) is 9.65. The number of amides is 1. The van der Waals surface area contributed by atoms with Crippen molar-refractivity contribution >= 4 is 44.6 Å². The number of carbonyl (C=O) groups excluding carboxylic acids is 2. The van der Waals surface area contributed by atoms with Gasteiger partial charge in [0.25, 0.3) is 0 Å². The molecule has 0 unspecified atom stereocenters. The molecular formula is C15H12BrNO2S. The normalized spacial score (nSPS) is 14.8. The molecule has 1 aliphatic heterocycles. The first-order valence-corrected chi connectivity index (χ1v) is 7.96. The average Bonchev–Trinajstić information content (AvgIpc) is 3.07. The highest BCUT2D eigenvalue weighted by molar-refractivity contribution is 9.11. The maximum Gasteiger partial charge on any atom is 0.227 e. The van der Waals surface area contributed by atoms with Crippen LogP contribution in [-0.2, 0) is 4.79 Å². The van der Waals surface area contributed by atoms with Gasteiger partial charge in [0.2, 0.25) is 11.7 Å². The molecule has 1 saturated heterocycles. The Morgan fingerprint density at radius 1 is 1.15 bits per heavy atom. The Bertz CT molecular complexity index is 663. The number of carbonyl (C=O) groups is 2. The lowest BCUT2D eigenvalue weighted by molar-refractivity contribution is -0.117. The summed E-state index contributed by atoms with van der Waals surface area (Å²) in [5.41, 5.74) is 1.52. The molecule has 2 aromatic rings. The first-order valence-electron chi connectivity index (χ1n) is 6.35. The summed E-state index contributed by atoms with van der Waals surface area (Å²) in [7, 11) is 0. The Morgan fingerprint density at radius 2 is 1.90 bits per heavy atom. The van der Waals surface area contributed by atoms with E-state index in [9.17, 15) is 9.59 Å². The van der Waals surface area contributed by atoms with Crippen LogP contribution in [0.25, 0.3) is 0 Å². The minimum Gasteiger partial charge on any atom is -0.312 e. The topological polar surface area (TPSA) is 37.4 Å². The van der Waals surface area contributed by atoms with E-state index in [0.717, 1.165) is 22.4 Å². The molecular weight excluding hydrogens is 338 g/mol. The van der Waals surface area contributed by atoms with Crippen molar-refractivity contribution < 1.29 is 9.59 Å². The van der Waals surface area contributed by atoms with Crippen molar-refractivity contribution in [3.05, 3.63) is 50.6 Å². The number of rotatable bonds is 3. The molecule has 1 aromatic heterocycles. The predicted octanol–water partition coefficient (Wildman–Crippen LogP) is 3.87. The molecule has 3 rings (SSSR count). The molecule has 1 aliphatic rings. The fourth-order valence-electron chi connectivity index (χ4n) is 2.29. The molecule has 0 bridgehead atoms. The summed E-state index contributed by atoms with van der Waals surface area (Å²) in [6.07, 6.45) is 1.52. The van der Waals surface area contributed by atoms with Crippen molar-refractivity contribution in [2.24, 2.45) is 0 Å². The molecule has 1 amide bonds. The van der Waals surface area contributed by atoms with E-state index in [-0.39, 0.29) is 11.7 Å². The summed E-state index contributed by atoms with van der Waals surface area (Å²) in [5.74, 6) is 0.172. The predicted molar refractivity (Wildman–Crippen MR) is 83.5 cm³/mol. The van der Waals surface area contributed by atoms with Gasteiger partial charge in [-0.15, -0.1) is 11.3 Å². The number of anilines is 1. The van der Waals surface area contributed by atoms with Crippen molar-refractivity contribution in [3.8, 4) is 0 Å². The van der Waals surface area contributed by atoms with E-state index in [2.05, 4.69) is 15.9 Å². The molecule has 3 nitrogen and oxygen atoms in total. The van der Waals surface area contributed by atoms with E-state index in [4.69, 9.17) is 0 Å². The highest BCUT2D eigenvalue weighted by atomic mass is 79.9. The smallest absolute Gasteiger partial charge is 0.227 e. The fourth-order valence-corrected chi connectivity index (χ4v) is 3.64. The minimum absolute atomic E-state index is 0.0139. The van der Waals surface area contributed by atoms with E-state index in [1.807, 2.05) is 24.3 Å². The lowest BCUT2D eigenvalue weighted by Gasteiger charge is -2.15. The van der Waals surface area contributed by atoms with Gasteiger partial charge in [-0.05, 0) is 58.7 Å². The minimum atomic E-state index is 0.0139. The lowest BCUT2D eigenvalue weighted by Crippen LogP contribution is -2.23. The molecule has 1 fully saturated rings. The van der Waals surface area contributed by atoms with Crippen molar-refractivity contribution in [3.63, 3.8) is 0 Å². The van der Waals surface area contributed by atoms with Gasteiger partial charge in [-0.2, -0.15) is 0 Å². The SMILES string of the molecule is O=C(c1ccc(N2CCCC2=O)cc1)c1ccc(Br)s1. The number of ketones is 1. The molecule has 0 saturated carbocycles. The standard InChI is InChI=1S/C15H12BrNO2S/c16-13-8-7-12(20-13)15(19)10-3-5-11(6-4-10)17-9-1-2-14(17)18/h3-8H,1-2,9H2. The van der Waals surface area contributed by atoms with Gasteiger partial charge in [0.15, 0.2) is 0 Å². The molecule has 0 atom stereocenters. The van der Waals surface area contributed by atoms with Crippen LogP contribution in [0.3, 0.4) is 0 Å². The lowest BCUT2D eigenvalue weighted by atomic mass is 10.1. The van der Waals surface area contributed by atoms with Gasteiger partial charge in [-0.1, -0.05) is 0 Å². The van der Waals surface area contributed by atoms with Crippen LogP contribution in [0.15, 0.2) is 40.2 Å². The summed E-state index contributed by atoms with van der Waals surface area (Å²) < 4.78 is 0.945. The summed E-state index contributed by atoms with van der Waals surface area (Å²) in [6, 6.07) is 11.0. The largest absolute Gasteiger partial charge is 0.312 e. The molecule has 2 heterocycles. The van der Waals surface area contributed by atoms with E-state index in [1.54, 1.807) is 17.0 Å². The van der Waals surface area contributed by atoms with Crippen LogP contribution in [0, 0.1) is 0 Å². The highest BCUT2D eigenvalue weighted by Crippen LogP contribution is 2.26. The van der Waals surface area contributed by atoms with Gasteiger partial charge in [-0.25, -0.2) is 0 Å². The van der Waals surface area contributed by atoms with Crippen molar-refractivity contribution in [2.75, 3.05) is 11.4 Å². The van der Waals surface area contributed by atoms with Gasteiger partial charge in [-0.3, -0.25) is 9.59 Å². The van der Waals surface area contributed by atoms with Crippen molar-refractivity contribution in [2.45, 2.75) is 12.8 Å². The molecule has 20 heavy (non-hydrogen) atoms. The third-order valence-electron chi connectivity index (χ3n) is 3.31. The first kappa shape index (κ1) is 13.5. The van der Waals surface area contributed by atoms with Crippen LogP contribution in [0.1, 0.15) is 28.1 Å². The van der Waals surface area contributed by atoms with Crippen LogP contribution < -0.4 is 4.90 Å². The number of thiophene rings is 1. The molecule has 0 spiro atoms. The maximum absolute atomic E-state index is 12.3. The summed E-state index contributed by atoms with van der Waals surface area (Å²) in [5, 5.41) is 0.